The summed E-state index contributed by atoms with van der Waals surface area (Å²) >= 11 is 7.78. The predicted octanol–water partition coefficient (Wildman–Crippen LogP) is 2.75. The van der Waals surface area contributed by atoms with Crippen LogP contribution in [0.4, 0.5) is 0 Å². The Balaban J connectivity index is 2.15. The van der Waals surface area contributed by atoms with E-state index in [1.54, 1.807) is 24.5 Å². The third-order valence-electron chi connectivity index (χ3n) is 2.60. The third-order valence-corrected chi connectivity index (χ3v) is 4.44. The number of methoxy groups -OCH3 is 1. The van der Waals surface area contributed by atoms with Crippen LogP contribution >= 0.6 is 22.9 Å². The van der Waals surface area contributed by atoms with Crippen LogP contribution in [-0.2, 0) is 6.42 Å². The molecule has 0 radical (unpaired) electrons. The number of thiophene rings is 1. The highest BCUT2D eigenvalue weighted by Crippen LogP contribution is 2.32. The number of hydrogen-bond donors (Lipinski definition) is 1. The van der Waals surface area contributed by atoms with E-state index in [0.29, 0.717) is 12.3 Å². The van der Waals surface area contributed by atoms with Crippen molar-refractivity contribution in [1.29, 1.82) is 0 Å². The smallest absolute Gasteiger partial charge is 0.216 e. The van der Waals surface area contributed by atoms with Gasteiger partial charge in [0.05, 0.1) is 12.1 Å². The van der Waals surface area contributed by atoms with Crippen LogP contribution < -0.4 is 10.5 Å². The lowest BCUT2D eigenvalue weighted by molar-refractivity contribution is 0.395. The topological polar surface area (TPSA) is 61.0 Å². The van der Waals surface area contributed by atoms with E-state index in [-0.39, 0.29) is 6.04 Å². The molecule has 6 heteroatoms. The molecule has 1 atom stereocenters. The van der Waals surface area contributed by atoms with Gasteiger partial charge in [-0.05, 0) is 17.9 Å². The fraction of sp³-hybridized carbons (Fsp3) is 0.333. The van der Waals surface area contributed by atoms with E-state index in [4.69, 9.17) is 22.1 Å². The second kappa shape index (κ2) is 5.65. The minimum Gasteiger partial charge on any atom is -0.481 e. The summed E-state index contributed by atoms with van der Waals surface area (Å²) in [6.45, 7) is 1.97. The zero-order valence-electron chi connectivity index (χ0n) is 10.2. The van der Waals surface area contributed by atoms with Gasteiger partial charge >= 0.3 is 0 Å². The van der Waals surface area contributed by atoms with Crippen LogP contribution in [0, 0.1) is 6.92 Å². The SMILES string of the molecule is COc1cc(CC(N)c2scc(C)c2Cl)ncn1. The molecule has 2 aromatic rings. The van der Waals surface area contributed by atoms with Crippen LogP contribution in [0.2, 0.25) is 5.02 Å². The number of halogens is 1. The predicted molar refractivity (Wildman–Crippen MR) is 73.3 cm³/mol. The van der Waals surface area contributed by atoms with Crippen molar-refractivity contribution in [2.24, 2.45) is 5.73 Å². The summed E-state index contributed by atoms with van der Waals surface area (Å²) in [6.07, 6.45) is 2.08. The number of nitrogens with zero attached hydrogens (tertiary/aromatic N) is 2. The minimum absolute atomic E-state index is 0.157. The molecule has 4 nitrogen and oxygen atoms in total. The van der Waals surface area contributed by atoms with Gasteiger partial charge < -0.3 is 10.5 Å². The van der Waals surface area contributed by atoms with Crippen molar-refractivity contribution in [3.05, 3.63) is 38.9 Å². The molecule has 0 saturated heterocycles. The van der Waals surface area contributed by atoms with Crippen molar-refractivity contribution >= 4 is 22.9 Å². The number of aryl methyl sites for hydroxylation is 1. The number of nitrogens with two attached hydrogens (primary N) is 1. The zero-order valence-corrected chi connectivity index (χ0v) is 11.8. The van der Waals surface area contributed by atoms with Gasteiger partial charge in [-0.3, -0.25) is 0 Å². The maximum Gasteiger partial charge on any atom is 0.216 e. The Morgan fingerprint density at radius 1 is 1.50 bits per heavy atom. The molecule has 2 aromatic heterocycles. The minimum atomic E-state index is -0.157. The van der Waals surface area contributed by atoms with Crippen molar-refractivity contribution in [2.45, 2.75) is 19.4 Å². The largest absolute Gasteiger partial charge is 0.481 e. The summed E-state index contributed by atoms with van der Waals surface area (Å²) in [5.74, 6) is 0.542. The van der Waals surface area contributed by atoms with E-state index in [1.807, 2.05) is 12.3 Å². The third kappa shape index (κ3) is 2.80. The van der Waals surface area contributed by atoms with E-state index in [2.05, 4.69) is 9.97 Å². The Morgan fingerprint density at radius 2 is 2.28 bits per heavy atom. The van der Waals surface area contributed by atoms with Crippen LogP contribution in [0.25, 0.3) is 0 Å². The average Bonchev–Trinajstić information content (AvgIpc) is 2.70. The molecule has 0 saturated carbocycles. The monoisotopic (exact) mass is 283 g/mol. The van der Waals surface area contributed by atoms with Gasteiger partial charge in [-0.15, -0.1) is 11.3 Å². The molecule has 0 aliphatic heterocycles. The summed E-state index contributed by atoms with van der Waals surface area (Å²) in [5.41, 5.74) is 8.06. The van der Waals surface area contributed by atoms with E-state index in [9.17, 15) is 0 Å². The van der Waals surface area contributed by atoms with Gasteiger partial charge in [-0.2, -0.15) is 0 Å². The number of rotatable bonds is 4. The molecule has 0 aliphatic rings. The maximum absolute atomic E-state index is 6.20. The standard InChI is InChI=1S/C12H14ClN3OS/c1-7-5-18-12(11(7)13)9(14)3-8-4-10(17-2)16-6-15-8/h4-6,9H,3,14H2,1-2H3. The van der Waals surface area contributed by atoms with Gasteiger partial charge in [-0.1, -0.05) is 11.6 Å². The van der Waals surface area contributed by atoms with Crippen LogP contribution in [0.3, 0.4) is 0 Å². The van der Waals surface area contributed by atoms with Gasteiger partial charge in [0.2, 0.25) is 5.88 Å². The summed E-state index contributed by atoms with van der Waals surface area (Å²) in [6, 6.07) is 1.63. The highest BCUT2D eigenvalue weighted by atomic mass is 35.5. The molecule has 2 rings (SSSR count). The van der Waals surface area contributed by atoms with Crippen LogP contribution in [0.1, 0.15) is 22.2 Å². The van der Waals surface area contributed by atoms with Crippen molar-refractivity contribution in [3.63, 3.8) is 0 Å². The lowest BCUT2D eigenvalue weighted by Crippen LogP contribution is -2.13. The normalized spacial score (nSPS) is 12.4. The van der Waals surface area contributed by atoms with Gasteiger partial charge in [0.25, 0.3) is 0 Å². The fourth-order valence-corrected chi connectivity index (χ4v) is 2.96. The van der Waals surface area contributed by atoms with E-state index in [0.717, 1.165) is 21.2 Å². The summed E-state index contributed by atoms with van der Waals surface area (Å²) in [7, 11) is 1.57. The highest BCUT2D eigenvalue weighted by molar-refractivity contribution is 7.10. The number of hydrogen-bond acceptors (Lipinski definition) is 5. The molecule has 0 aromatic carbocycles. The molecule has 18 heavy (non-hydrogen) atoms. The van der Waals surface area contributed by atoms with Gasteiger partial charge in [0.1, 0.15) is 6.33 Å². The Bertz CT molecular complexity index is 544. The Kier molecular flexibility index (Phi) is 4.16. The molecule has 96 valence electrons. The molecule has 2 heterocycles. The highest BCUT2D eigenvalue weighted by Gasteiger charge is 2.15. The van der Waals surface area contributed by atoms with Crippen molar-refractivity contribution in [3.8, 4) is 5.88 Å². The molecule has 0 fully saturated rings. The lowest BCUT2D eigenvalue weighted by Gasteiger charge is -2.10. The fourth-order valence-electron chi connectivity index (χ4n) is 1.62. The van der Waals surface area contributed by atoms with Crippen LogP contribution in [0.5, 0.6) is 5.88 Å². The molecule has 0 spiro atoms. The van der Waals surface area contributed by atoms with Gasteiger partial charge in [0.15, 0.2) is 0 Å². The average molecular weight is 284 g/mol. The lowest BCUT2D eigenvalue weighted by atomic mass is 10.1. The number of ether oxygens (including phenoxy) is 1. The Labute approximate surface area is 115 Å². The summed E-state index contributed by atoms with van der Waals surface area (Å²) < 4.78 is 5.05. The molecule has 0 bridgehead atoms. The van der Waals surface area contributed by atoms with E-state index >= 15 is 0 Å². The molecule has 0 amide bonds. The summed E-state index contributed by atoms with van der Waals surface area (Å²) in [4.78, 5) is 9.13. The first-order valence-electron chi connectivity index (χ1n) is 5.45. The van der Waals surface area contributed by atoms with Crippen molar-refractivity contribution < 1.29 is 4.74 Å². The van der Waals surface area contributed by atoms with Gasteiger partial charge in [0, 0.05) is 29.1 Å². The molecule has 1 unspecified atom stereocenters. The second-order valence-corrected chi connectivity index (χ2v) is 5.25. The first-order chi connectivity index (χ1) is 8.61. The Hall–Kier alpha value is -1.17. The van der Waals surface area contributed by atoms with Crippen LogP contribution in [-0.4, -0.2) is 17.1 Å². The van der Waals surface area contributed by atoms with Gasteiger partial charge in [-0.25, -0.2) is 9.97 Å². The summed E-state index contributed by atoms with van der Waals surface area (Å²) in [5, 5.41) is 2.77. The van der Waals surface area contributed by atoms with E-state index < -0.39 is 0 Å². The van der Waals surface area contributed by atoms with Crippen molar-refractivity contribution in [1.82, 2.24) is 9.97 Å². The Morgan fingerprint density at radius 3 is 2.89 bits per heavy atom. The molecule has 2 N–H and O–H groups in total. The molecular formula is C12H14ClN3OS. The second-order valence-electron chi connectivity index (χ2n) is 3.96. The maximum atomic E-state index is 6.20. The van der Waals surface area contributed by atoms with E-state index in [1.165, 1.54) is 6.33 Å². The molecule has 0 aliphatic carbocycles. The molecular weight excluding hydrogens is 270 g/mol. The zero-order chi connectivity index (χ0) is 13.1. The number of aromatic nitrogens is 2. The van der Waals surface area contributed by atoms with Crippen molar-refractivity contribution in [2.75, 3.05) is 7.11 Å². The van der Waals surface area contributed by atoms with Crippen LogP contribution in [0.15, 0.2) is 17.8 Å². The first kappa shape index (κ1) is 13.3. The quantitative estimate of drug-likeness (QED) is 0.937. The first-order valence-corrected chi connectivity index (χ1v) is 6.71.